The van der Waals surface area contributed by atoms with Crippen LogP contribution in [0.3, 0.4) is 0 Å². The van der Waals surface area contributed by atoms with Crippen molar-refractivity contribution < 1.29 is 9.72 Å². The van der Waals surface area contributed by atoms with Crippen molar-refractivity contribution in [2.75, 3.05) is 12.3 Å². The van der Waals surface area contributed by atoms with Crippen LogP contribution in [0.1, 0.15) is 26.2 Å². The highest BCUT2D eigenvalue weighted by molar-refractivity contribution is 8.03. The third kappa shape index (κ3) is 3.12. The smallest absolute Gasteiger partial charge is 0.287 e. The number of nitrogens with zero attached hydrogens (tertiary/aromatic N) is 2. The fourth-order valence-corrected chi connectivity index (χ4v) is 2.74. The maximum absolute atomic E-state index is 11.6. The molecule has 1 aliphatic rings. The Morgan fingerprint density at radius 3 is 2.88 bits per heavy atom. The molecular formula is C9H13ClN2O3S. The second kappa shape index (κ2) is 6.10. The molecule has 0 N–H and O–H groups in total. The van der Waals surface area contributed by atoms with Crippen molar-refractivity contribution in [3.8, 4) is 0 Å². The summed E-state index contributed by atoms with van der Waals surface area (Å²) in [4.78, 5) is 21.9. The zero-order valence-corrected chi connectivity index (χ0v) is 10.5. The zero-order chi connectivity index (χ0) is 12.1. The van der Waals surface area contributed by atoms with Gasteiger partial charge < -0.3 is 0 Å². The second-order valence-corrected chi connectivity index (χ2v) is 4.86. The third-order valence-electron chi connectivity index (χ3n) is 2.08. The van der Waals surface area contributed by atoms with Crippen LogP contribution >= 0.6 is 23.5 Å². The Kier molecular flexibility index (Phi) is 5.08. The van der Waals surface area contributed by atoms with Crippen LogP contribution in [0.25, 0.3) is 0 Å². The largest absolute Gasteiger partial charge is 0.342 e. The van der Waals surface area contributed by atoms with Crippen molar-refractivity contribution in [2.45, 2.75) is 26.2 Å². The molecule has 0 aliphatic carbocycles. The van der Waals surface area contributed by atoms with E-state index >= 15 is 0 Å². The summed E-state index contributed by atoms with van der Waals surface area (Å²) in [6.07, 6.45) is 1.64. The summed E-state index contributed by atoms with van der Waals surface area (Å²) in [6.45, 7) is 2.35. The van der Waals surface area contributed by atoms with Gasteiger partial charge in [0.15, 0.2) is 5.03 Å². The normalized spacial score (nSPS) is 19.5. The van der Waals surface area contributed by atoms with E-state index in [1.807, 2.05) is 6.92 Å². The zero-order valence-electron chi connectivity index (χ0n) is 8.94. The van der Waals surface area contributed by atoms with E-state index < -0.39 is 10.7 Å². The molecule has 0 radical (unpaired) electrons. The molecule has 0 amide bonds. The minimum atomic E-state index is -0.624. The van der Waals surface area contributed by atoms with E-state index in [2.05, 4.69) is 0 Å². The van der Waals surface area contributed by atoms with Crippen LogP contribution < -0.4 is 0 Å². The highest BCUT2D eigenvalue weighted by Crippen LogP contribution is 2.32. The first-order valence-corrected chi connectivity index (χ1v) is 6.38. The van der Waals surface area contributed by atoms with E-state index in [4.69, 9.17) is 11.8 Å². The number of thioether (sulfide) groups is 1. The molecule has 0 saturated carbocycles. The number of hydrogen-bond acceptors (Lipinski definition) is 5. The summed E-state index contributed by atoms with van der Waals surface area (Å²) in [5, 5.41) is 11.2. The summed E-state index contributed by atoms with van der Waals surface area (Å²) in [5.41, 5.74) is -0.360. The van der Waals surface area contributed by atoms with E-state index in [-0.39, 0.29) is 17.1 Å². The lowest BCUT2D eigenvalue weighted by atomic mass is 10.2. The van der Waals surface area contributed by atoms with Gasteiger partial charge in [-0.15, -0.1) is 11.8 Å². The summed E-state index contributed by atoms with van der Waals surface area (Å²) in [7, 11) is 0. The topological polar surface area (TPSA) is 63.5 Å². The minimum absolute atomic E-state index is 0.186. The maximum atomic E-state index is 11.6. The molecule has 0 bridgehead atoms. The van der Waals surface area contributed by atoms with Gasteiger partial charge in [-0.3, -0.25) is 19.3 Å². The molecule has 0 spiro atoms. The predicted molar refractivity (Wildman–Crippen MR) is 63.6 cm³/mol. The molecule has 16 heavy (non-hydrogen) atoms. The van der Waals surface area contributed by atoms with Crippen molar-refractivity contribution in [3.05, 3.63) is 20.8 Å². The van der Waals surface area contributed by atoms with Gasteiger partial charge in [-0.2, -0.15) is 0 Å². The Bertz CT molecular complexity index is 333. The van der Waals surface area contributed by atoms with Gasteiger partial charge in [-0.05, 0) is 12.8 Å². The Morgan fingerprint density at radius 2 is 2.38 bits per heavy atom. The molecule has 1 heterocycles. The second-order valence-electron chi connectivity index (χ2n) is 3.37. The summed E-state index contributed by atoms with van der Waals surface area (Å²) >= 11 is 7.14. The molecule has 90 valence electrons. The van der Waals surface area contributed by atoms with Gasteiger partial charge in [0.05, 0.1) is 4.92 Å². The van der Waals surface area contributed by atoms with Gasteiger partial charge in [-0.25, -0.2) is 0 Å². The van der Waals surface area contributed by atoms with Crippen LogP contribution in [-0.4, -0.2) is 27.4 Å². The van der Waals surface area contributed by atoms with Gasteiger partial charge >= 0.3 is 5.70 Å². The number of carbonyl (C=O) groups is 1. The standard InChI is InChI=1S/C9H13ClN2O3S/c1-2-4-7(13)8(12(14)15)9-11(10)5-3-6-16-9/h2-6H2,1H3. The first-order valence-electron chi connectivity index (χ1n) is 5.06. The average Bonchev–Trinajstić information content (AvgIpc) is 2.21. The minimum Gasteiger partial charge on any atom is -0.287 e. The van der Waals surface area contributed by atoms with Crippen molar-refractivity contribution >= 4 is 29.3 Å². The molecule has 1 saturated heterocycles. The van der Waals surface area contributed by atoms with Crippen LogP contribution in [0.5, 0.6) is 0 Å². The molecule has 7 heteroatoms. The lowest BCUT2D eigenvalue weighted by Crippen LogP contribution is -2.24. The molecule has 0 aromatic rings. The SMILES string of the molecule is CCCC(=O)C(=C1SCCCN1Cl)[N+](=O)[O-]. The number of Topliss-reactive ketones (excluding diaryl/α,β-unsaturated/α-hetero) is 1. The van der Waals surface area contributed by atoms with Crippen LogP contribution in [0, 0.1) is 10.1 Å². The first-order chi connectivity index (χ1) is 7.57. The Hall–Kier alpha value is -0.750. The van der Waals surface area contributed by atoms with Crippen LogP contribution in [0.15, 0.2) is 10.7 Å². The average molecular weight is 265 g/mol. The van der Waals surface area contributed by atoms with Crippen LogP contribution in [0.2, 0.25) is 0 Å². The lowest BCUT2D eigenvalue weighted by molar-refractivity contribution is -0.420. The Morgan fingerprint density at radius 1 is 1.69 bits per heavy atom. The summed E-state index contributed by atoms with van der Waals surface area (Å²) in [6, 6.07) is 0. The third-order valence-corrected chi connectivity index (χ3v) is 3.70. The molecule has 1 rings (SSSR count). The monoisotopic (exact) mass is 264 g/mol. The van der Waals surface area contributed by atoms with Crippen molar-refractivity contribution in [2.24, 2.45) is 0 Å². The fraction of sp³-hybridized carbons (Fsp3) is 0.667. The van der Waals surface area contributed by atoms with Gasteiger partial charge in [0.25, 0.3) is 0 Å². The number of hydrogen-bond donors (Lipinski definition) is 0. The van der Waals surface area contributed by atoms with Crippen LogP contribution in [-0.2, 0) is 4.79 Å². The van der Waals surface area contributed by atoms with Crippen molar-refractivity contribution in [1.29, 1.82) is 0 Å². The molecule has 0 aromatic carbocycles. The Labute approximate surface area is 103 Å². The first kappa shape index (κ1) is 13.3. The molecule has 0 aromatic heterocycles. The lowest BCUT2D eigenvalue weighted by Gasteiger charge is -2.22. The number of nitro groups is 1. The summed E-state index contributed by atoms with van der Waals surface area (Å²) < 4.78 is 1.28. The fourth-order valence-electron chi connectivity index (χ4n) is 1.37. The molecule has 5 nitrogen and oxygen atoms in total. The Balaban J connectivity index is 3.02. The number of rotatable bonds is 4. The van der Waals surface area contributed by atoms with E-state index in [1.165, 1.54) is 16.2 Å². The molecule has 0 unspecified atom stereocenters. The van der Waals surface area contributed by atoms with Crippen molar-refractivity contribution in [1.82, 2.24) is 4.42 Å². The number of allylic oxidation sites excluding steroid dienone is 1. The number of halogens is 1. The number of carbonyl (C=O) groups excluding carboxylic acids is 1. The van der Waals surface area contributed by atoms with E-state index in [9.17, 15) is 14.9 Å². The van der Waals surface area contributed by atoms with E-state index in [0.29, 0.717) is 13.0 Å². The molecule has 0 atom stereocenters. The van der Waals surface area contributed by atoms with E-state index in [0.717, 1.165) is 12.2 Å². The number of ketones is 1. The van der Waals surface area contributed by atoms with E-state index in [1.54, 1.807) is 0 Å². The quantitative estimate of drug-likeness (QED) is 0.338. The predicted octanol–water partition coefficient (Wildman–Crippen LogP) is 2.39. The molecule has 1 aliphatic heterocycles. The molecule has 1 fully saturated rings. The highest BCUT2D eigenvalue weighted by Gasteiger charge is 2.31. The molecular weight excluding hydrogens is 252 g/mol. The van der Waals surface area contributed by atoms with Gasteiger partial charge in [-0.1, -0.05) is 6.92 Å². The maximum Gasteiger partial charge on any atom is 0.342 e. The van der Waals surface area contributed by atoms with Gasteiger partial charge in [0.2, 0.25) is 5.78 Å². The van der Waals surface area contributed by atoms with Gasteiger partial charge in [0, 0.05) is 30.5 Å². The van der Waals surface area contributed by atoms with Gasteiger partial charge in [0.1, 0.15) is 0 Å². The summed E-state index contributed by atoms with van der Waals surface area (Å²) in [5.74, 6) is 0.317. The van der Waals surface area contributed by atoms with Crippen LogP contribution in [0.4, 0.5) is 0 Å². The highest BCUT2D eigenvalue weighted by atomic mass is 35.5. The van der Waals surface area contributed by atoms with Crippen molar-refractivity contribution in [3.63, 3.8) is 0 Å².